The van der Waals surface area contributed by atoms with Crippen LogP contribution in [0.4, 0.5) is 5.95 Å². The first-order chi connectivity index (χ1) is 15.5. The van der Waals surface area contributed by atoms with Gasteiger partial charge in [0.15, 0.2) is 0 Å². The van der Waals surface area contributed by atoms with Crippen LogP contribution >= 0.6 is 30.3 Å². The molecule has 0 bridgehead atoms. The third-order valence-corrected chi connectivity index (χ3v) is 7.82. The van der Waals surface area contributed by atoms with Crippen LogP contribution in [-0.2, 0) is 11.2 Å². The number of aryl methyl sites for hydroxylation is 3. The van der Waals surface area contributed by atoms with Gasteiger partial charge in [-0.1, -0.05) is 12.1 Å². The fourth-order valence-electron chi connectivity index (χ4n) is 4.46. The number of anilines is 1. The largest absolute Gasteiger partial charge is 0.353 e. The Bertz CT molecular complexity index is 1060. The molecule has 6 nitrogen and oxygen atoms in total. The lowest BCUT2D eigenvalue weighted by atomic mass is 10.0. The summed E-state index contributed by atoms with van der Waals surface area (Å²) in [6.07, 6.45) is 7.55. The van der Waals surface area contributed by atoms with Gasteiger partial charge in [0.2, 0.25) is 11.9 Å². The summed E-state index contributed by atoms with van der Waals surface area (Å²) in [4.78, 5) is 23.8. The molecule has 8 heteroatoms. The predicted molar refractivity (Wildman–Crippen MR) is 141 cm³/mol. The number of piperidine rings is 1. The van der Waals surface area contributed by atoms with Gasteiger partial charge in [0.1, 0.15) is 0 Å². The van der Waals surface area contributed by atoms with E-state index in [9.17, 15) is 4.79 Å². The Morgan fingerprint density at radius 3 is 2.62 bits per heavy atom. The van der Waals surface area contributed by atoms with Crippen molar-refractivity contribution in [3.05, 3.63) is 53.5 Å². The number of fused-ring (bicyclic) bond motifs is 1. The first-order valence-corrected chi connectivity index (χ1v) is 14.6. The summed E-state index contributed by atoms with van der Waals surface area (Å²) in [6.45, 7) is 5.77. The molecule has 0 aliphatic carbocycles. The zero-order valence-electron chi connectivity index (χ0n) is 18.7. The quantitative estimate of drug-likeness (QED) is 0.294. The zero-order chi connectivity index (χ0) is 22.5. The number of nitrogens with zero attached hydrogens (tertiary/aromatic N) is 4. The number of carbonyl (C=O) groups excluding carboxylic acids is 1. The maximum atomic E-state index is 12.5. The van der Waals surface area contributed by atoms with E-state index < -0.39 is 0 Å². The average Bonchev–Trinajstić information content (AvgIpc) is 3.20. The van der Waals surface area contributed by atoms with E-state index >= 15 is 0 Å². The van der Waals surface area contributed by atoms with Crippen LogP contribution in [0.5, 0.6) is 0 Å². The minimum atomic E-state index is 0.178. The number of aromatic nitrogens is 3. The Kier molecular flexibility index (Phi) is 7.93. The molecule has 1 aromatic carbocycles. The average molecular weight is 564 g/mol. The van der Waals surface area contributed by atoms with E-state index in [1.54, 1.807) is 9.12 Å². The summed E-state index contributed by atoms with van der Waals surface area (Å²) >= 11 is 2.31. The van der Waals surface area contributed by atoms with E-state index in [1.807, 2.05) is 19.9 Å². The molecule has 170 valence electrons. The molecule has 1 aliphatic rings. The van der Waals surface area contributed by atoms with Gasteiger partial charge in [-0.15, -0.1) is 0 Å². The predicted octanol–water partition coefficient (Wildman–Crippen LogP) is 5.39. The minimum absolute atomic E-state index is 0.178. The third kappa shape index (κ3) is 5.75. The summed E-state index contributed by atoms with van der Waals surface area (Å²) in [7, 11) is 1.69. The molecule has 0 saturated carbocycles. The summed E-state index contributed by atoms with van der Waals surface area (Å²) in [5.74, 6) is 0.992. The van der Waals surface area contributed by atoms with E-state index in [-0.39, 0.29) is 11.9 Å². The van der Waals surface area contributed by atoms with Crippen LogP contribution in [-0.4, -0.2) is 39.0 Å². The Morgan fingerprint density at radius 1 is 1.16 bits per heavy atom. The smallest absolute Gasteiger partial charge is 0.225 e. The number of nitrogens with one attached hydrogen (secondary N) is 1. The molecular formula is C24H30IN5OS. The van der Waals surface area contributed by atoms with Crippen molar-refractivity contribution in [2.75, 3.05) is 18.0 Å². The summed E-state index contributed by atoms with van der Waals surface area (Å²) in [5.41, 5.74) is 4.63. The molecule has 1 fully saturated rings. The van der Waals surface area contributed by atoms with Gasteiger partial charge in [-0.3, -0.25) is 8.77 Å². The maximum absolute atomic E-state index is 12.5. The number of amides is 1. The van der Waals surface area contributed by atoms with Gasteiger partial charge in [-0.25, -0.2) is 9.97 Å². The molecule has 1 saturated heterocycles. The Hall–Kier alpha value is -1.81. The van der Waals surface area contributed by atoms with Crippen LogP contribution in [0.15, 0.2) is 36.5 Å². The highest BCUT2D eigenvalue weighted by Gasteiger charge is 2.22. The van der Waals surface area contributed by atoms with Gasteiger partial charge in [-0.05, 0) is 69.7 Å². The van der Waals surface area contributed by atoms with E-state index in [4.69, 9.17) is 0 Å². The van der Waals surface area contributed by atoms with Crippen molar-refractivity contribution in [3.8, 4) is 0 Å². The van der Waals surface area contributed by atoms with Gasteiger partial charge in [0, 0.05) is 78.8 Å². The van der Waals surface area contributed by atoms with Gasteiger partial charge in [0.05, 0.1) is 5.52 Å². The van der Waals surface area contributed by atoms with Gasteiger partial charge in [0.25, 0.3) is 0 Å². The summed E-state index contributed by atoms with van der Waals surface area (Å²) in [6, 6.07) is 10.9. The van der Waals surface area contributed by atoms with Crippen LogP contribution < -0.4 is 10.2 Å². The van der Waals surface area contributed by atoms with Crippen LogP contribution in [0, 0.1) is 13.8 Å². The molecule has 32 heavy (non-hydrogen) atoms. The van der Waals surface area contributed by atoms with Crippen molar-refractivity contribution in [2.45, 2.75) is 58.4 Å². The Morgan fingerprint density at radius 2 is 1.91 bits per heavy atom. The standard InChI is InChI=1S/C24H30IN5OS/c1-17-16-18(2)27-24(26-17)29-13-10-20(11-14-29)28-23(31)9-4-3-6-19-7-5-8-22-21(19)12-15-30(22)32-25/h5,7-8,12,15-16,20H,3-4,6,9-11,13-14H2,1-2H3,(H,28,31). The highest BCUT2D eigenvalue weighted by molar-refractivity contribution is 14.2. The zero-order valence-corrected chi connectivity index (χ0v) is 21.7. The second-order valence-corrected chi connectivity index (χ2v) is 10.3. The van der Waals surface area contributed by atoms with Crippen molar-refractivity contribution in [3.63, 3.8) is 0 Å². The lowest BCUT2D eigenvalue weighted by Crippen LogP contribution is -2.45. The van der Waals surface area contributed by atoms with E-state index in [1.165, 1.54) is 16.5 Å². The molecule has 3 heterocycles. The second-order valence-electron chi connectivity index (χ2n) is 8.55. The molecule has 4 rings (SSSR count). The molecule has 0 atom stereocenters. The Labute approximate surface area is 206 Å². The van der Waals surface area contributed by atoms with E-state index in [2.05, 4.69) is 75.8 Å². The van der Waals surface area contributed by atoms with Crippen LogP contribution in [0.1, 0.15) is 49.1 Å². The lowest BCUT2D eigenvalue weighted by molar-refractivity contribution is -0.122. The molecule has 0 unspecified atom stereocenters. The van der Waals surface area contributed by atoms with Crippen LogP contribution in [0.2, 0.25) is 0 Å². The number of benzene rings is 1. The van der Waals surface area contributed by atoms with Crippen molar-refractivity contribution in [2.24, 2.45) is 0 Å². The molecule has 1 aliphatic heterocycles. The first-order valence-electron chi connectivity index (χ1n) is 11.3. The highest BCUT2D eigenvalue weighted by atomic mass is 127. The number of unbranched alkanes of at least 4 members (excludes halogenated alkanes) is 1. The fraction of sp³-hybridized carbons (Fsp3) is 0.458. The molecule has 0 spiro atoms. The molecule has 1 amide bonds. The van der Waals surface area contributed by atoms with E-state index in [0.717, 1.165) is 62.5 Å². The van der Waals surface area contributed by atoms with Crippen molar-refractivity contribution in [1.82, 2.24) is 19.3 Å². The van der Waals surface area contributed by atoms with Gasteiger partial charge >= 0.3 is 0 Å². The van der Waals surface area contributed by atoms with E-state index in [0.29, 0.717) is 6.42 Å². The molecule has 2 aromatic heterocycles. The summed E-state index contributed by atoms with van der Waals surface area (Å²) < 4.78 is 2.18. The fourth-order valence-corrected chi connectivity index (χ4v) is 5.83. The van der Waals surface area contributed by atoms with Crippen molar-refractivity contribution >= 4 is 53.1 Å². The van der Waals surface area contributed by atoms with Crippen molar-refractivity contribution < 1.29 is 4.79 Å². The number of hydrogen-bond acceptors (Lipinski definition) is 5. The maximum Gasteiger partial charge on any atom is 0.225 e. The SMILES string of the molecule is Cc1cc(C)nc(N2CCC(NC(=O)CCCCc3cccc4c3ccn4SI)CC2)n1. The topological polar surface area (TPSA) is 63.1 Å². The van der Waals surface area contributed by atoms with Crippen LogP contribution in [0.25, 0.3) is 10.9 Å². The monoisotopic (exact) mass is 563 g/mol. The minimum Gasteiger partial charge on any atom is -0.353 e. The molecule has 3 aromatic rings. The second kappa shape index (κ2) is 10.9. The number of hydrogen-bond donors (Lipinski definition) is 1. The third-order valence-electron chi connectivity index (χ3n) is 6.08. The van der Waals surface area contributed by atoms with Crippen molar-refractivity contribution in [1.29, 1.82) is 0 Å². The lowest BCUT2D eigenvalue weighted by Gasteiger charge is -2.32. The molecule has 0 radical (unpaired) electrons. The Balaban J connectivity index is 1.19. The summed E-state index contributed by atoms with van der Waals surface area (Å²) in [5, 5.41) is 4.56. The number of halogens is 1. The highest BCUT2D eigenvalue weighted by Crippen LogP contribution is 2.27. The first kappa shape index (κ1) is 23.4. The van der Waals surface area contributed by atoms with Crippen LogP contribution in [0.3, 0.4) is 0 Å². The number of rotatable bonds is 8. The van der Waals surface area contributed by atoms with Gasteiger partial charge < -0.3 is 10.2 Å². The number of carbonyl (C=O) groups is 1. The molecular weight excluding hydrogens is 533 g/mol. The molecule has 1 N–H and O–H groups in total. The normalized spacial score (nSPS) is 14.8. The van der Waals surface area contributed by atoms with Gasteiger partial charge in [-0.2, -0.15) is 0 Å².